The molecule has 0 saturated heterocycles. The lowest BCUT2D eigenvalue weighted by molar-refractivity contribution is -0.142. The first-order valence-corrected chi connectivity index (χ1v) is 12.3. The van der Waals surface area contributed by atoms with Crippen LogP contribution in [0.4, 0.5) is 0 Å². The van der Waals surface area contributed by atoms with Crippen molar-refractivity contribution in [1.29, 1.82) is 0 Å². The van der Waals surface area contributed by atoms with E-state index in [1.165, 1.54) is 16.7 Å². The molecule has 37 heavy (non-hydrogen) atoms. The Morgan fingerprint density at radius 1 is 1.16 bits per heavy atom. The van der Waals surface area contributed by atoms with Gasteiger partial charge < -0.3 is 24.6 Å². The summed E-state index contributed by atoms with van der Waals surface area (Å²) in [6.07, 6.45) is 1.95. The van der Waals surface area contributed by atoms with E-state index in [-0.39, 0.29) is 44.2 Å². The molecule has 0 aliphatic carbocycles. The number of carboxylic acids is 1. The number of rotatable bonds is 9. The number of aryl methyl sites for hydroxylation is 2. The van der Waals surface area contributed by atoms with Gasteiger partial charge >= 0.3 is 5.97 Å². The van der Waals surface area contributed by atoms with Gasteiger partial charge in [-0.2, -0.15) is 0 Å². The molecule has 9 heteroatoms. The second-order valence-corrected chi connectivity index (χ2v) is 9.40. The number of aliphatic carboxylic acids is 1. The standard InChI is InChI=1S/C28H32N4O5/c1-18-7-8-19(2)21(11-18)15-31-17-30-23-14-24(28(36)29-10-9-27(34)35)32(16-25(23)31)26(33)13-20-5-4-6-22(12-20)37-3/h4-8,11-12,17,24H,9-10,13-16H2,1-3H3,(H,29,36)(H,34,35). The molecule has 0 radical (unpaired) electrons. The summed E-state index contributed by atoms with van der Waals surface area (Å²) in [5.41, 5.74) is 5.96. The molecule has 2 aromatic carbocycles. The maximum Gasteiger partial charge on any atom is 0.305 e. The smallest absolute Gasteiger partial charge is 0.305 e. The van der Waals surface area contributed by atoms with Gasteiger partial charge in [0.05, 0.1) is 44.2 Å². The molecule has 9 nitrogen and oxygen atoms in total. The number of carbonyl (C=O) groups is 3. The van der Waals surface area contributed by atoms with Gasteiger partial charge in [-0.05, 0) is 42.7 Å². The van der Waals surface area contributed by atoms with E-state index < -0.39 is 12.0 Å². The second-order valence-electron chi connectivity index (χ2n) is 9.40. The molecule has 194 valence electrons. The topological polar surface area (TPSA) is 114 Å². The molecule has 0 spiro atoms. The van der Waals surface area contributed by atoms with E-state index in [9.17, 15) is 14.4 Å². The SMILES string of the molecule is COc1cccc(CC(=O)N2Cc3c(ncn3Cc3cc(C)ccc3C)CC2C(=O)NCCC(=O)O)c1. The quantitative estimate of drug-likeness (QED) is 0.463. The van der Waals surface area contributed by atoms with Crippen LogP contribution < -0.4 is 10.1 Å². The molecule has 0 saturated carbocycles. The fourth-order valence-corrected chi connectivity index (χ4v) is 4.62. The molecule has 4 rings (SSSR count). The van der Waals surface area contributed by atoms with Crippen LogP contribution >= 0.6 is 0 Å². The maximum atomic E-state index is 13.5. The highest BCUT2D eigenvalue weighted by atomic mass is 16.5. The van der Waals surface area contributed by atoms with E-state index in [4.69, 9.17) is 9.84 Å². The number of imidazole rings is 1. The lowest BCUT2D eigenvalue weighted by Crippen LogP contribution is -2.53. The minimum absolute atomic E-state index is 0.00346. The predicted molar refractivity (Wildman–Crippen MR) is 137 cm³/mol. The summed E-state index contributed by atoms with van der Waals surface area (Å²) in [7, 11) is 1.57. The lowest BCUT2D eigenvalue weighted by Gasteiger charge is -2.35. The van der Waals surface area contributed by atoms with Crippen molar-refractivity contribution in [3.63, 3.8) is 0 Å². The number of methoxy groups -OCH3 is 1. The van der Waals surface area contributed by atoms with E-state index in [1.807, 2.05) is 22.8 Å². The molecule has 2 N–H and O–H groups in total. The average Bonchev–Trinajstić information content (AvgIpc) is 3.26. The highest BCUT2D eigenvalue weighted by Gasteiger charge is 2.36. The minimum atomic E-state index is -0.998. The van der Waals surface area contributed by atoms with Gasteiger partial charge in [-0.1, -0.05) is 35.9 Å². The van der Waals surface area contributed by atoms with Crippen molar-refractivity contribution < 1.29 is 24.2 Å². The molecule has 2 heterocycles. The number of carboxylic acid groups (broad SMARTS) is 1. The van der Waals surface area contributed by atoms with Crippen molar-refractivity contribution in [1.82, 2.24) is 19.8 Å². The Bertz CT molecular complexity index is 1320. The molecule has 1 atom stereocenters. The zero-order chi connectivity index (χ0) is 26.5. The Labute approximate surface area is 216 Å². The summed E-state index contributed by atoms with van der Waals surface area (Å²) in [6.45, 7) is 4.97. The Balaban J connectivity index is 1.60. The van der Waals surface area contributed by atoms with E-state index in [1.54, 1.807) is 24.4 Å². The van der Waals surface area contributed by atoms with E-state index in [2.05, 4.69) is 42.3 Å². The van der Waals surface area contributed by atoms with Crippen LogP contribution in [0.2, 0.25) is 0 Å². The normalized spacial score (nSPS) is 14.7. The van der Waals surface area contributed by atoms with Crippen LogP contribution in [-0.2, 0) is 40.3 Å². The fourth-order valence-electron chi connectivity index (χ4n) is 4.62. The molecule has 1 aliphatic rings. The van der Waals surface area contributed by atoms with Gasteiger partial charge in [0.15, 0.2) is 0 Å². The third kappa shape index (κ3) is 6.17. The van der Waals surface area contributed by atoms with Gasteiger partial charge in [-0.3, -0.25) is 14.4 Å². The van der Waals surface area contributed by atoms with E-state index in [0.717, 1.165) is 17.0 Å². The van der Waals surface area contributed by atoms with Gasteiger partial charge in [-0.15, -0.1) is 0 Å². The van der Waals surface area contributed by atoms with Crippen LogP contribution in [0.5, 0.6) is 5.75 Å². The number of carbonyl (C=O) groups excluding carboxylic acids is 2. The molecule has 0 bridgehead atoms. The monoisotopic (exact) mass is 504 g/mol. The molecule has 0 fully saturated rings. The van der Waals surface area contributed by atoms with Crippen molar-refractivity contribution in [2.24, 2.45) is 0 Å². The summed E-state index contributed by atoms with van der Waals surface area (Å²) in [5, 5.41) is 11.6. The molecule has 3 aromatic rings. The predicted octanol–water partition coefficient (Wildman–Crippen LogP) is 2.64. The Morgan fingerprint density at radius 3 is 2.73 bits per heavy atom. The highest BCUT2D eigenvalue weighted by Crippen LogP contribution is 2.26. The van der Waals surface area contributed by atoms with Crippen LogP contribution in [0, 0.1) is 13.8 Å². The molecule has 1 unspecified atom stereocenters. The molecular formula is C28H32N4O5. The number of hydrogen-bond acceptors (Lipinski definition) is 5. The second kappa shape index (κ2) is 11.3. The summed E-state index contributed by atoms with van der Waals surface area (Å²) < 4.78 is 7.33. The first-order valence-electron chi connectivity index (χ1n) is 12.3. The zero-order valence-corrected chi connectivity index (χ0v) is 21.4. The number of hydrogen-bond donors (Lipinski definition) is 2. The van der Waals surface area contributed by atoms with Crippen molar-refractivity contribution in [2.45, 2.75) is 52.2 Å². The van der Waals surface area contributed by atoms with Crippen molar-refractivity contribution in [2.75, 3.05) is 13.7 Å². The van der Waals surface area contributed by atoms with Gasteiger partial charge in [0.25, 0.3) is 0 Å². The summed E-state index contributed by atoms with van der Waals surface area (Å²) in [5.74, 6) is -0.921. The van der Waals surface area contributed by atoms with E-state index >= 15 is 0 Å². The minimum Gasteiger partial charge on any atom is -0.497 e. The van der Waals surface area contributed by atoms with Crippen LogP contribution in [0.15, 0.2) is 48.8 Å². The highest BCUT2D eigenvalue weighted by molar-refractivity contribution is 5.89. The largest absolute Gasteiger partial charge is 0.497 e. The number of nitrogens with zero attached hydrogens (tertiary/aromatic N) is 3. The summed E-state index contributed by atoms with van der Waals surface area (Å²) >= 11 is 0. The van der Waals surface area contributed by atoms with Gasteiger partial charge in [0.2, 0.25) is 11.8 Å². The maximum absolute atomic E-state index is 13.5. The van der Waals surface area contributed by atoms with Crippen LogP contribution in [0.1, 0.15) is 40.1 Å². The first kappa shape index (κ1) is 25.9. The van der Waals surface area contributed by atoms with Crippen molar-refractivity contribution in [3.8, 4) is 5.75 Å². The molecule has 1 aliphatic heterocycles. The van der Waals surface area contributed by atoms with E-state index in [0.29, 0.717) is 12.3 Å². The molecule has 1 aromatic heterocycles. The number of ether oxygens (including phenoxy) is 1. The number of benzene rings is 2. The Hall–Kier alpha value is -4.14. The van der Waals surface area contributed by atoms with Crippen LogP contribution in [-0.4, -0.2) is 57.0 Å². The average molecular weight is 505 g/mol. The Kier molecular flexibility index (Phi) is 7.91. The molecular weight excluding hydrogens is 472 g/mol. The Morgan fingerprint density at radius 2 is 1.97 bits per heavy atom. The van der Waals surface area contributed by atoms with Gasteiger partial charge in [0.1, 0.15) is 11.8 Å². The third-order valence-corrected chi connectivity index (χ3v) is 6.71. The first-order chi connectivity index (χ1) is 17.7. The lowest BCUT2D eigenvalue weighted by atomic mass is 9.99. The van der Waals surface area contributed by atoms with Crippen LogP contribution in [0.3, 0.4) is 0 Å². The number of nitrogens with one attached hydrogen (secondary N) is 1. The van der Waals surface area contributed by atoms with Crippen molar-refractivity contribution in [3.05, 3.63) is 82.4 Å². The van der Waals surface area contributed by atoms with Gasteiger partial charge in [-0.25, -0.2) is 4.98 Å². The molecule has 2 amide bonds. The number of fused-ring (bicyclic) bond motifs is 1. The summed E-state index contributed by atoms with van der Waals surface area (Å²) in [6, 6.07) is 12.8. The number of aromatic nitrogens is 2. The number of amides is 2. The van der Waals surface area contributed by atoms with Crippen molar-refractivity contribution >= 4 is 17.8 Å². The third-order valence-electron chi connectivity index (χ3n) is 6.71. The van der Waals surface area contributed by atoms with Gasteiger partial charge in [0, 0.05) is 19.5 Å². The zero-order valence-electron chi connectivity index (χ0n) is 21.4. The van der Waals surface area contributed by atoms with Crippen LogP contribution in [0.25, 0.3) is 0 Å². The fraction of sp³-hybridized carbons (Fsp3) is 0.357. The summed E-state index contributed by atoms with van der Waals surface area (Å²) in [4.78, 5) is 43.7.